The first-order valence-corrected chi connectivity index (χ1v) is 5.82. The molecule has 0 heterocycles. The van der Waals surface area contributed by atoms with Gasteiger partial charge >= 0.3 is 0 Å². The van der Waals surface area contributed by atoms with Crippen LogP contribution in [-0.2, 0) is 6.54 Å². The topological polar surface area (TPSA) is 15.3 Å². The SMILES string of the molecule is CN(CCCNCCF)Cc1ccccc1. The lowest BCUT2D eigenvalue weighted by atomic mass is 10.2. The lowest BCUT2D eigenvalue weighted by Crippen LogP contribution is -2.24. The lowest BCUT2D eigenvalue weighted by molar-refractivity contribution is 0.318. The van der Waals surface area contributed by atoms with Gasteiger partial charge in [0.25, 0.3) is 0 Å². The highest BCUT2D eigenvalue weighted by molar-refractivity contribution is 5.14. The maximum absolute atomic E-state index is 11.8. The van der Waals surface area contributed by atoms with Crippen LogP contribution in [0.15, 0.2) is 30.3 Å². The Bertz CT molecular complexity index is 264. The van der Waals surface area contributed by atoms with Gasteiger partial charge in [-0.15, -0.1) is 0 Å². The Morgan fingerprint density at radius 1 is 1.19 bits per heavy atom. The summed E-state index contributed by atoms with van der Waals surface area (Å²) in [6.07, 6.45) is 1.06. The Labute approximate surface area is 97.5 Å². The second kappa shape index (κ2) is 8.25. The minimum Gasteiger partial charge on any atom is -0.314 e. The molecule has 90 valence electrons. The molecular weight excluding hydrogens is 203 g/mol. The van der Waals surface area contributed by atoms with E-state index in [0.29, 0.717) is 6.54 Å². The number of benzene rings is 1. The number of alkyl halides is 1. The van der Waals surface area contributed by atoms with Crippen molar-refractivity contribution in [3.05, 3.63) is 35.9 Å². The maximum Gasteiger partial charge on any atom is 0.102 e. The predicted molar refractivity (Wildman–Crippen MR) is 66.2 cm³/mol. The van der Waals surface area contributed by atoms with E-state index in [-0.39, 0.29) is 6.67 Å². The Balaban J connectivity index is 2.09. The molecule has 0 fully saturated rings. The van der Waals surface area contributed by atoms with E-state index in [2.05, 4.69) is 41.5 Å². The number of hydrogen-bond acceptors (Lipinski definition) is 2. The van der Waals surface area contributed by atoms with E-state index < -0.39 is 0 Å². The smallest absolute Gasteiger partial charge is 0.102 e. The van der Waals surface area contributed by atoms with Crippen molar-refractivity contribution >= 4 is 0 Å². The molecule has 3 heteroatoms. The average Bonchev–Trinajstić information content (AvgIpc) is 2.30. The molecule has 1 rings (SSSR count). The number of nitrogens with one attached hydrogen (secondary N) is 1. The molecule has 0 atom stereocenters. The molecule has 0 aliphatic heterocycles. The second-order valence-corrected chi connectivity index (χ2v) is 4.02. The molecule has 2 nitrogen and oxygen atoms in total. The van der Waals surface area contributed by atoms with Gasteiger partial charge in [-0.05, 0) is 32.1 Å². The molecule has 0 aliphatic rings. The first-order chi connectivity index (χ1) is 7.83. The Morgan fingerprint density at radius 3 is 2.62 bits per heavy atom. The van der Waals surface area contributed by atoms with Crippen molar-refractivity contribution in [2.45, 2.75) is 13.0 Å². The summed E-state index contributed by atoms with van der Waals surface area (Å²) in [5, 5.41) is 3.05. The van der Waals surface area contributed by atoms with Crippen molar-refractivity contribution in [1.82, 2.24) is 10.2 Å². The van der Waals surface area contributed by atoms with Crippen molar-refractivity contribution < 1.29 is 4.39 Å². The molecule has 1 N–H and O–H groups in total. The molecule has 0 spiro atoms. The molecule has 0 bridgehead atoms. The fourth-order valence-corrected chi connectivity index (χ4v) is 1.64. The highest BCUT2D eigenvalue weighted by Gasteiger charge is 1.99. The molecule has 0 unspecified atom stereocenters. The van der Waals surface area contributed by atoms with Gasteiger partial charge in [-0.2, -0.15) is 0 Å². The van der Waals surface area contributed by atoms with Crippen molar-refractivity contribution in [2.24, 2.45) is 0 Å². The number of hydrogen-bond donors (Lipinski definition) is 1. The molecule has 16 heavy (non-hydrogen) atoms. The molecular formula is C13H21FN2. The van der Waals surface area contributed by atoms with Gasteiger partial charge in [0.05, 0.1) is 0 Å². The fraction of sp³-hybridized carbons (Fsp3) is 0.538. The van der Waals surface area contributed by atoms with Crippen molar-refractivity contribution in [3.63, 3.8) is 0 Å². The number of halogens is 1. The summed E-state index contributed by atoms with van der Waals surface area (Å²) >= 11 is 0. The fourth-order valence-electron chi connectivity index (χ4n) is 1.64. The summed E-state index contributed by atoms with van der Waals surface area (Å²) in [4.78, 5) is 2.28. The molecule has 0 radical (unpaired) electrons. The zero-order valence-electron chi connectivity index (χ0n) is 9.95. The van der Waals surface area contributed by atoms with Crippen molar-refractivity contribution in [1.29, 1.82) is 0 Å². The average molecular weight is 224 g/mol. The van der Waals surface area contributed by atoms with E-state index in [0.717, 1.165) is 26.1 Å². The normalized spacial score (nSPS) is 10.9. The third kappa shape index (κ3) is 5.83. The lowest BCUT2D eigenvalue weighted by Gasteiger charge is -2.16. The van der Waals surface area contributed by atoms with Crippen molar-refractivity contribution in [2.75, 3.05) is 33.4 Å². The van der Waals surface area contributed by atoms with E-state index in [1.807, 2.05) is 6.07 Å². The van der Waals surface area contributed by atoms with Crippen LogP contribution in [0, 0.1) is 0 Å². The van der Waals surface area contributed by atoms with Gasteiger partial charge in [0, 0.05) is 13.1 Å². The molecule has 0 aromatic heterocycles. The first kappa shape index (κ1) is 13.1. The highest BCUT2D eigenvalue weighted by Crippen LogP contribution is 2.02. The summed E-state index contributed by atoms with van der Waals surface area (Å²) in [6.45, 7) is 3.10. The highest BCUT2D eigenvalue weighted by atomic mass is 19.1. The van der Waals surface area contributed by atoms with E-state index in [1.54, 1.807) is 0 Å². The van der Waals surface area contributed by atoms with Gasteiger partial charge in [-0.3, -0.25) is 0 Å². The van der Waals surface area contributed by atoms with Gasteiger partial charge in [0.2, 0.25) is 0 Å². The van der Waals surface area contributed by atoms with Gasteiger partial charge in [0.1, 0.15) is 6.67 Å². The standard InChI is InChI=1S/C13H21FN2/c1-16(11-5-9-15-10-8-14)12-13-6-3-2-4-7-13/h2-4,6-7,15H,5,8-12H2,1H3. The summed E-state index contributed by atoms with van der Waals surface area (Å²) < 4.78 is 11.8. The largest absolute Gasteiger partial charge is 0.314 e. The minimum atomic E-state index is -0.278. The number of rotatable bonds is 8. The Morgan fingerprint density at radius 2 is 1.94 bits per heavy atom. The molecule has 1 aromatic carbocycles. The van der Waals surface area contributed by atoms with Crippen LogP contribution in [0.5, 0.6) is 0 Å². The maximum atomic E-state index is 11.8. The van der Waals surface area contributed by atoms with E-state index >= 15 is 0 Å². The molecule has 0 saturated carbocycles. The summed E-state index contributed by atoms with van der Waals surface area (Å²) in [5.41, 5.74) is 1.33. The summed E-state index contributed by atoms with van der Waals surface area (Å²) in [7, 11) is 2.11. The van der Waals surface area contributed by atoms with Crippen LogP contribution in [0.25, 0.3) is 0 Å². The van der Waals surface area contributed by atoms with Crippen LogP contribution < -0.4 is 5.32 Å². The van der Waals surface area contributed by atoms with Gasteiger partial charge < -0.3 is 10.2 Å². The second-order valence-electron chi connectivity index (χ2n) is 4.02. The Kier molecular flexibility index (Phi) is 6.77. The van der Waals surface area contributed by atoms with Crippen LogP contribution in [0.3, 0.4) is 0 Å². The summed E-state index contributed by atoms with van der Waals surface area (Å²) in [6, 6.07) is 10.4. The van der Waals surface area contributed by atoms with Gasteiger partial charge in [-0.25, -0.2) is 4.39 Å². The van der Waals surface area contributed by atoms with E-state index in [4.69, 9.17) is 0 Å². The van der Waals surface area contributed by atoms with Gasteiger partial charge in [0.15, 0.2) is 0 Å². The van der Waals surface area contributed by atoms with Crippen LogP contribution in [-0.4, -0.2) is 38.3 Å². The van der Waals surface area contributed by atoms with Gasteiger partial charge in [-0.1, -0.05) is 30.3 Å². The predicted octanol–water partition coefficient (Wildman–Crippen LogP) is 2.07. The van der Waals surface area contributed by atoms with E-state index in [1.165, 1.54) is 5.56 Å². The monoisotopic (exact) mass is 224 g/mol. The van der Waals surface area contributed by atoms with Crippen LogP contribution >= 0.6 is 0 Å². The Hall–Kier alpha value is -0.930. The minimum absolute atomic E-state index is 0.278. The zero-order chi connectivity index (χ0) is 11.6. The molecule has 1 aromatic rings. The zero-order valence-corrected chi connectivity index (χ0v) is 9.95. The molecule has 0 amide bonds. The first-order valence-electron chi connectivity index (χ1n) is 5.82. The third-order valence-electron chi connectivity index (χ3n) is 2.46. The molecule has 0 saturated heterocycles. The molecule has 0 aliphatic carbocycles. The number of nitrogens with zero attached hydrogens (tertiary/aromatic N) is 1. The summed E-state index contributed by atoms with van der Waals surface area (Å²) in [5.74, 6) is 0. The van der Waals surface area contributed by atoms with Crippen LogP contribution in [0.4, 0.5) is 4.39 Å². The van der Waals surface area contributed by atoms with Crippen LogP contribution in [0.2, 0.25) is 0 Å². The van der Waals surface area contributed by atoms with Crippen molar-refractivity contribution in [3.8, 4) is 0 Å². The third-order valence-corrected chi connectivity index (χ3v) is 2.46. The van der Waals surface area contributed by atoms with Crippen LogP contribution in [0.1, 0.15) is 12.0 Å². The van der Waals surface area contributed by atoms with E-state index in [9.17, 15) is 4.39 Å². The quantitative estimate of drug-likeness (QED) is 0.680.